The lowest BCUT2D eigenvalue weighted by Gasteiger charge is -2.20. The first-order valence-electron chi connectivity index (χ1n) is 7.23. The van der Waals surface area contributed by atoms with E-state index in [1.165, 1.54) is 18.3 Å². The van der Waals surface area contributed by atoms with Crippen molar-refractivity contribution >= 4 is 37.9 Å². The zero-order valence-electron chi connectivity index (χ0n) is 13.6. The number of nitrogens with one attached hydrogen (secondary N) is 1. The molecule has 0 amide bonds. The molecule has 5 nitrogen and oxygen atoms in total. The average molecular weight is 411 g/mol. The molecule has 24 heavy (non-hydrogen) atoms. The number of hydrogen-bond acceptors (Lipinski definition) is 4. The lowest BCUT2D eigenvalue weighted by atomic mass is 10.1. The summed E-state index contributed by atoms with van der Waals surface area (Å²) in [7, 11) is -3.62. The van der Waals surface area contributed by atoms with Gasteiger partial charge in [0, 0.05) is 21.8 Å². The van der Waals surface area contributed by atoms with Crippen molar-refractivity contribution in [1.82, 2.24) is 4.72 Å². The van der Waals surface area contributed by atoms with Crippen molar-refractivity contribution < 1.29 is 13.5 Å². The number of benzene rings is 2. The van der Waals surface area contributed by atoms with Crippen LogP contribution in [0.4, 0.5) is 5.69 Å². The summed E-state index contributed by atoms with van der Waals surface area (Å²) < 4.78 is 28.1. The summed E-state index contributed by atoms with van der Waals surface area (Å²) in [5.41, 5.74) is 0.442. The minimum Gasteiger partial charge on any atom is -0.507 e. The Kier molecular flexibility index (Phi) is 5.47. The Bertz CT molecular complexity index is 872. The van der Waals surface area contributed by atoms with Crippen LogP contribution in [-0.2, 0) is 10.0 Å². The topological polar surface area (TPSA) is 78.8 Å². The molecular weight excluding hydrogens is 392 g/mol. The average Bonchev–Trinajstić information content (AvgIpc) is 2.46. The van der Waals surface area contributed by atoms with E-state index in [4.69, 9.17) is 0 Å². The van der Waals surface area contributed by atoms with Crippen LogP contribution in [0, 0.1) is 0 Å². The molecule has 0 aliphatic carbocycles. The zero-order valence-corrected chi connectivity index (χ0v) is 16.0. The number of nitrogens with zero attached hydrogens (tertiary/aromatic N) is 1. The molecule has 2 rings (SSSR count). The van der Waals surface area contributed by atoms with E-state index in [-0.39, 0.29) is 10.6 Å². The molecule has 0 spiro atoms. The highest BCUT2D eigenvalue weighted by molar-refractivity contribution is 9.10. The highest BCUT2D eigenvalue weighted by Gasteiger charge is 2.21. The molecule has 0 saturated carbocycles. The van der Waals surface area contributed by atoms with Crippen molar-refractivity contribution in [3.8, 4) is 5.75 Å². The maximum atomic E-state index is 12.4. The van der Waals surface area contributed by atoms with Gasteiger partial charge in [0.2, 0.25) is 10.0 Å². The first kappa shape index (κ1) is 18.6. The van der Waals surface area contributed by atoms with Gasteiger partial charge in [0.1, 0.15) is 5.75 Å². The van der Waals surface area contributed by atoms with Gasteiger partial charge in [-0.2, -0.15) is 0 Å². The summed E-state index contributed by atoms with van der Waals surface area (Å²) >= 11 is 3.33. The van der Waals surface area contributed by atoms with Gasteiger partial charge >= 0.3 is 0 Å². The van der Waals surface area contributed by atoms with Gasteiger partial charge in [-0.3, -0.25) is 4.99 Å². The van der Waals surface area contributed by atoms with Crippen molar-refractivity contribution in [2.45, 2.75) is 31.2 Å². The maximum absolute atomic E-state index is 12.4. The summed E-state index contributed by atoms with van der Waals surface area (Å²) in [6, 6.07) is 11.3. The normalized spacial score (nSPS) is 12.7. The summed E-state index contributed by atoms with van der Waals surface area (Å²) in [6.07, 6.45) is 1.49. The van der Waals surface area contributed by atoms with Crippen LogP contribution >= 0.6 is 15.9 Å². The van der Waals surface area contributed by atoms with Crippen LogP contribution < -0.4 is 4.72 Å². The number of phenolic OH excluding ortho intramolecular Hbond substituents is 1. The Morgan fingerprint density at radius 3 is 2.54 bits per heavy atom. The number of sulfonamides is 1. The van der Waals surface area contributed by atoms with Gasteiger partial charge in [-0.1, -0.05) is 22.0 Å². The standard InChI is InChI=1S/C17H19BrN2O3S/c1-17(2,3)20-24(22,23)15-6-4-5-14(10-15)19-11-12-9-13(18)7-8-16(12)21/h4-11,20-21H,1-3H3. The van der Waals surface area contributed by atoms with E-state index in [1.54, 1.807) is 51.1 Å². The van der Waals surface area contributed by atoms with Crippen molar-refractivity contribution in [2.75, 3.05) is 0 Å². The third kappa shape index (κ3) is 5.15. The molecule has 0 aromatic heterocycles. The van der Waals surface area contributed by atoms with E-state index in [0.717, 1.165) is 4.47 Å². The highest BCUT2D eigenvalue weighted by atomic mass is 79.9. The summed E-state index contributed by atoms with van der Waals surface area (Å²) in [6.45, 7) is 5.34. The molecule has 0 radical (unpaired) electrons. The molecule has 2 aromatic rings. The van der Waals surface area contributed by atoms with Gasteiger partial charge in [0.05, 0.1) is 10.6 Å². The van der Waals surface area contributed by atoms with Crippen LogP contribution in [0.5, 0.6) is 5.75 Å². The van der Waals surface area contributed by atoms with Crippen molar-refractivity contribution in [3.05, 3.63) is 52.5 Å². The quantitative estimate of drug-likeness (QED) is 0.747. The Morgan fingerprint density at radius 2 is 1.88 bits per heavy atom. The number of rotatable bonds is 4. The molecule has 2 N–H and O–H groups in total. The molecule has 7 heteroatoms. The second-order valence-corrected chi connectivity index (χ2v) is 8.91. The predicted octanol–water partition coefficient (Wildman–Crippen LogP) is 3.98. The van der Waals surface area contributed by atoms with Gasteiger partial charge in [-0.05, 0) is 57.2 Å². The molecule has 0 aliphatic heterocycles. The van der Waals surface area contributed by atoms with Crippen LogP contribution in [-0.4, -0.2) is 25.3 Å². The fraction of sp³-hybridized carbons (Fsp3) is 0.235. The minimum atomic E-state index is -3.62. The van der Waals surface area contributed by atoms with E-state index < -0.39 is 15.6 Å². The molecule has 128 valence electrons. The molecular formula is C17H19BrN2O3S. The Labute approximate surface area is 150 Å². The minimum absolute atomic E-state index is 0.0973. The fourth-order valence-electron chi connectivity index (χ4n) is 1.97. The van der Waals surface area contributed by atoms with Crippen LogP contribution in [0.1, 0.15) is 26.3 Å². The van der Waals surface area contributed by atoms with E-state index in [1.807, 2.05) is 0 Å². The predicted molar refractivity (Wildman–Crippen MR) is 99.6 cm³/mol. The third-order valence-electron chi connectivity index (χ3n) is 2.91. The Morgan fingerprint density at radius 1 is 1.17 bits per heavy atom. The molecule has 0 bridgehead atoms. The van der Waals surface area contributed by atoms with Crippen molar-refractivity contribution in [3.63, 3.8) is 0 Å². The summed E-state index contributed by atoms with van der Waals surface area (Å²) in [5, 5.41) is 9.81. The van der Waals surface area contributed by atoms with E-state index in [9.17, 15) is 13.5 Å². The van der Waals surface area contributed by atoms with E-state index >= 15 is 0 Å². The van der Waals surface area contributed by atoms with Crippen LogP contribution in [0.3, 0.4) is 0 Å². The van der Waals surface area contributed by atoms with Crippen LogP contribution in [0.2, 0.25) is 0 Å². The van der Waals surface area contributed by atoms with Gasteiger partial charge in [0.25, 0.3) is 0 Å². The SMILES string of the molecule is CC(C)(C)NS(=O)(=O)c1cccc(N=Cc2cc(Br)ccc2O)c1. The number of hydrogen-bond donors (Lipinski definition) is 2. The first-order valence-corrected chi connectivity index (χ1v) is 9.51. The molecule has 0 fully saturated rings. The molecule has 0 saturated heterocycles. The fourth-order valence-corrected chi connectivity index (χ4v) is 3.80. The molecule has 0 heterocycles. The van der Waals surface area contributed by atoms with Crippen molar-refractivity contribution in [1.29, 1.82) is 0 Å². The molecule has 0 atom stereocenters. The highest BCUT2D eigenvalue weighted by Crippen LogP contribution is 2.23. The molecule has 0 aliphatic rings. The van der Waals surface area contributed by atoms with Crippen LogP contribution in [0.15, 0.2) is 56.8 Å². The summed E-state index contributed by atoms with van der Waals surface area (Å²) in [5.74, 6) is 0.0973. The number of aliphatic imine (C=N–C) groups is 1. The molecule has 0 unspecified atom stereocenters. The van der Waals surface area contributed by atoms with Gasteiger partial charge in [-0.25, -0.2) is 13.1 Å². The number of aromatic hydroxyl groups is 1. The first-order chi connectivity index (χ1) is 11.1. The van der Waals surface area contributed by atoms with Gasteiger partial charge < -0.3 is 5.11 Å². The third-order valence-corrected chi connectivity index (χ3v) is 5.16. The smallest absolute Gasteiger partial charge is 0.241 e. The number of phenols is 1. The Hall–Kier alpha value is -1.70. The zero-order chi connectivity index (χ0) is 18.0. The van der Waals surface area contributed by atoms with Gasteiger partial charge in [0.15, 0.2) is 0 Å². The van der Waals surface area contributed by atoms with Crippen LogP contribution in [0.25, 0.3) is 0 Å². The monoisotopic (exact) mass is 410 g/mol. The Balaban J connectivity index is 2.31. The van der Waals surface area contributed by atoms with Gasteiger partial charge in [-0.15, -0.1) is 0 Å². The lowest BCUT2D eigenvalue weighted by Crippen LogP contribution is -2.40. The lowest BCUT2D eigenvalue weighted by molar-refractivity contribution is 0.474. The van der Waals surface area contributed by atoms with E-state index in [0.29, 0.717) is 11.3 Å². The maximum Gasteiger partial charge on any atom is 0.241 e. The second kappa shape index (κ2) is 7.04. The largest absolute Gasteiger partial charge is 0.507 e. The second-order valence-electron chi connectivity index (χ2n) is 6.31. The van der Waals surface area contributed by atoms with E-state index in [2.05, 4.69) is 25.6 Å². The van der Waals surface area contributed by atoms with Crippen molar-refractivity contribution in [2.24, 2.45) is 4.99 Å². The summed E-state index contributed by atoms with van der Waals surface area (Å²) in [4.78, 5) is 4.40. The number of halogens is 1. The molecule has 2 aromatic carbocycles.